The van der Waals surface area contributed by atoms with Gasteiger partial charge in [0, 0.05) is 30.1 Å². The van der Waals surface area contributed by atoms with Crippen LogP contribution in [0.1, 0.15) is 106 Å². The summed E-state index contributed by atoms with van der Waals surface area (Å²) in [6.07, 6.45) is 3.74. The minimum atomic E-state index is -1.28. The number of rotatable bonds is 33. The quantitative estimate of drug-likeness (QED) is 0.0228. The largest absolute Gasteiger partial charge is 0.480 e. The maximum absolute atomic E-state index is 14.2. The Balaban J connectivity index is 2.27. The van der Waals surface area contributed by atoms with Crippen LogP contribution in [0.3, 0.4) is 0 Å². The van der Waals surface area contributed by atoms with Gasteiger partial charge in [0.15, 0.2) is 5.96 Å². The Morgan fingerprint density at radius 2 is 1.21 bits per heavy atom. The van der Waals surface area contributed by atoms with Crippen molar-refractivity contribution in [3.63, 3.8) is 0 Å². The van der Waals surface area contributed by atoms with Crippen LogP contribution in [0.4, 0.5) is 0 Å². The molecule has 0 fully saturated rings. The van der Waals surface area contributed by atoms with Crippen molar-refractivity contribution in [3.8, 4) is 0 Å². The molecule has 1 aromatic carbocycles. The molecular formula is C49H82N14O10. The first kappa shape index (κ1) is 62.3. The van der Waals surface area contributed by atoms with Crippen LogP contribution in [-0.2, 0) is 49.6 Å². The fraction of sp³-hybridized carbons (Fsp3) is 0.633. The van der Waals surface area contributed by atoms with E-state index in [-0.39, 0.29) is 56.4 Å². The molecule has 0 saturated carbocycles. The van der Waals surface area contributed by atoms with Gasteiger partial charge in [0.2, 0.25) is 47.3 Å². The van der Waals surface area contributed by atoms with E-state index in [9.17, 15) is 48.3 Å². The van der Waals surface area contributed by atoms with Gasteiger partial charge in [-0.3, -0.25) is 43.3 Å². The Labute approximate surface area is 427 Å². The Hall–Kier alpha value is -6.82. The summed E-state index contributed by atoms with van der Waals surface area (Å²) < 4.78 is 0. The van der Waals surface area contributed by atoms with Crippen LogP contribution in [0.15, 0.2) is 35.5 Å². The van der Waals surface area contributed by atoms with Gasteiger partial charge in [0.1, 0.15) is 36.3 Å². The molecular weight excluding hydrogens is 945 g/mol. The number of hydrogen-bond acceptors (Lipinski definition) is 12. The summed E-state index contributed by atoms with van der Waals surface area (Å²) in [5.74, 6) is -8.44. The predicted octanol–water partition coefficient (Wildman–Crippen LogP) is -1.15. The fourth-order valence-corrected chi connectivity index (χ4v) is 7.59. The van der Waals surface area contributed by atoms with E-state index < -0.39 is 120 Å². The molecule has 0 bridgehead atoms. The fourth-order valence-electron chi connectivity index (χ4n) is 7.59. The van der Waals surface area contributed by atoms with Gasteiger partial charge >= 0.3 is 5.97 Å². The van der Waals surface area contributed by atoms with Crippen LogP contribution in [0.25, 0.3) is 10.9 Å². The summed E-state index contributed by atoms with van der Waals surface area (Å²) in [5.41, 5.74) is 24.2. The Bertz CT molecular complexity index is 2190. The van der Waals surface area contributed by atoms with Gasteiger partial charge in [-0.15, -0.1) is 0 Å². The highest BCUT2D eigenvalue weighted by molar-refractivity contribution is 5.97. The minimum absolute atomic E-state index is 0.0119. The van der Waals surface area contributed by atoms with Crippen molar-refractivity contribution in [2.45, 2.75) is 149 Å². The van der Waals surface area contributed by atoms with Gasteiger partial charge in [-0.1, -0.05) is 80.0 Å². The molecule has 0 aliphatic rings. The van der Waals surface area contributed by atoms with Crippen LogP contribution in [0.2, 0.25) is 0 Å². The number of unbranched alkanes of at least 4 members (excludes halogenated alkanes) is 1. The SMILES string of the molecule is CC[C@H](C)[C@H](NC(=O)[C@@H](NC(=O)[C@H](Cc1c[nH]c2ccccc12)NC(=O)[C@@H](N)C(C)C)C(C)C)C(=O)N[C@@H](CCCN=C(N)N)C(=O)NCC(=O)N[C@@H](CC(C)C)C(=O)NCC(=O)N[C@@H](CCCCN)C(=O)O. The Kier molecular flexibility index (Phi) is 27.0. The Morgan fingerprint density at radius 3 is 1.77 bits per heavy atom. The van der Waals surface area contributed by atoms with Gasteiger partial charge in [-0.2, -0.15) is 0 Å². The molecule has 0 radical (unpaired) electrons. The summed E-state index contributed by atoms with van der Waals surface area (Å²) >= 11 is 0. The first-order valence-corrected chi connectivity index (χ1v) is 25.0. The van der Waals surface area contributed by atoms with E-state index in [1.165, 1.54) is 0 Å². The molecule has 1 aromatic heterocycles. The molecule has 0 aliphatic heterocycles. The summed E-state index contributed by atoms with van der Waals surface area (Å²) in [6.45, 7) is 13.4. The number of aliphatic carboxylic acids is 1. The second kappa shape index (κ2) is 31.6. The lowest BCUT2D eigenvalue weighted by Gasteiger charge is -2.30. The summed E-state index contributed by atoms with van der Waals surface area (Å²) in [7, 11) is 0. The number of aliphatic imine (C=N–C) groups is 1. The molecule has 0 saturated heterocycles. The monoisotopic (exact) mass is 1030 g/mol. The number of aromatic nitrogens is 1. The molecule has 1 heterocycles. The molecule has 18 N–H and O–H groups in total. The minimum Gasteiger partial charge on any atom is -0.480 e. The second-order valence-electron chi connectivity index (χ2n) is 19.4. The molecule has 24 heteroatoms. The zero-order chi connectivity index (χ0) is 54.9. The van der Waals surface area contributed by atoms with E-state index in [2.05, 4.69) is 52.5 Å². The molecule has 2 rings (SSSR count). The smallest absolute Gasteiger partial charge is 0.326 e. The summed E-state index contributed by atoms with van der Waals surface area (Å²) in [4.78, 5) is 127. The first-order chi connectivity index (χ1) is 34.4. The van der Waals surface area contributed by atoms with E-state index in [0.29, 0.717) is 25.8 Å². The third-order valence-electron chi connectivity index (χ3n) is 12.2. The number of amides is 8. The zero-order valence-electron chi connectivity index (χ0n) is 43.6. The third kappa shape index (κ3) is 21.8. The average molecular weight is 1030 g/mol. The summed E-state index contributed by atoms with van der Waals surface area (Å²) in [6, 6.07) is -0.596. The normalized spacial score (nSPS) is 14.6. The van der Waals surface area contributed by atoms with Crippen LogP contribution >= 0.6 is 0 Å². The van der Waals surface area contributed by atoms with Crippen molar-refractivity contribution in [2.24, 2.45) is 51.6 Å². The number of hydrogen-bond donors (Lipinski definition) is 14. The average Bonchev–Trinajstić information content (AvgIpc) is 3.74. The lowest BCUT2D eigenvalue weighted by atomic mass is 9.95. The van der Waals surface area contributed by atoms with E-state index in [1.54, 1.807) is 61.6 Å². The lowest BCUT2D eigenvalue weighted by molar-refractivity contribution is -0.142. The maximum atomic E-state index is 14.2. The molecule has 0 aliphatic carbocycles. The number of para-hydroxylation sites is 1. The van der Waals surface area contributed by atoms with Gasteiger partial charge in [0.05, 0.1) is 19.1 Å². The number of carbonyl (C=O) groups excluding carboxylic acids is 8. The third-order valence-corrected chi connectivity index (χ3v) is 12.2. The van der Waals surface area contributed by atoms with E-state index in [4.69, 9.17) is 22.9 Å². The highest BCUT2D eigenvalue weighted by Gasteiger charge is 2.36. The molecule has 0 spiro atoms. The van der Waals surface area contributed by atoms with E-state index in [0.717, 1.165) is 16.5 Å². The van der Waals surface area contributed by atoms with Crippen LogP contribution in [-0.4, -0.2) is 138 Å². The predicted molar refractivity (Wildman–Crippen MR) is 277 cm³/mol. The molecule has 2 aromatic rings. The molecule has 8 amide bonds. The van der Waals surface area contributed by atoms with Crippen LogP contribution in [0.5, 0.6) is 0 Å². The van der Waals surface area contributed by atoms with Crippen molar-refractivity contribution in [3.05, 3.63) is 36.0 Å². The molecule has 24 nitrogen and oxygen atoms in total. The number of nitrogens with two attached hydrogens (primary N) is 4. The number of carbonyl (C=O) groups is 9. The highest BCUT2D eigenvalue weighted by atomic mass is 16.4. The molecule has 408 valence electrons. The number of carboxylic acid groups (broad SMARTS) is 1. The van der Waals surface area contributed by atoms with Gasteiger partial charge in [-0.05, 0) is 80.4 Å². The maximum Gasteiger partial charge on any atom is 0.326 e. The number of nitrogens with one attached hydrogen (secondary N) is 9. The standard InChI is InChI=1S/C49H82N14O10/c1-9-29(8)41(63-46(70)40(28(6)7)62-44(68)36(61-45(69)39(51)27(4)5)22-30-23-55-32-16-11-10-15-31(30)32)47(71)60-33(18-14-20-54-49(52)53)42(66)56-25-38(65)59-35(21-26(2)3)43(67)57-24-37(64)58-34(48(72)73)17-12-13-19-50/h10-11,15-16,23,26-29,33-36,39-41,55H,9,12-14,17-22,24-25,50-51H2,1-8H3,(H,56,66)(H,57,67)(H,58,64)(H,59,65)(H,60,71)(H,61,69)(H,62,68)(H,63,70)(H,72,73)(H4,52,53,54)/t29-,33-,34-,35-,36-,39-,40-,41-/m0/s1. The number of benzene rings is 1. The van der Waals surface area contributed by atoms with Gasteiger partial charge in [-0.25, -0.2) is 4.79 Å². The number of aromatic amines is 1. The molecule has 8 atom stereocenters. The van der Waals surface area contributed by atoms with Crippen molar-refractivity contribution in [2.75, 3.05) is 26.2 Å². The number of fused-ring (bicyclic) bond motifs is 1. The van der Waals surface area contributed by atoms with Crippen LogP contribution < -0.4 is 65.5 Å². The van der Waals surface area contributed by atoms with Crippen molar-refractivity contribution < 1.29 is 48.3 Å². The van der Waals surface area contributed by atoms with Gasteiger partial charge in [0.25, 0.3) is 0 Å². The lowest BCUT2D eigenvalue weighted by Crippen LogP contribution is -2.61. The number of nitrogens with zero attached hydrogens (tertiary/aromatic N) is 1. The topological polar surface area (TPSA) is 402 Å². The van der Waals surface area contributed by atoms with Crippen molar-refractivity contribution in [1.82, 2.24) is 47.5 Å². The van der Waals surface area contributed by atoms with Crippen molar-refractivity contribution in [1.29, 1.82) is 0 Å². The van der Waals surface area contributed by atoms with Crippen molar-refractivity contribution >= 4 is 70.1 Å². The zero-order valence-corrected chi connectivity index (χ0v) is 43.6. The van der Waals surface area contributed by atoms with E-state index >= 15 is 0 Å². The van der Waals surface area contributed by atoms with Gasteiger partial charge < -0.3 is 75.6 Å². The number of H-pyrrole nitrogens is 1. The highest BCUT2D eigenvalue weighted by Crippen LogP contribution is 2.20. The first-order valence-electron chi connectivity index (χ1n) is 25.0. The Morgan fingerprint density at radius 1 is 0.644 bits per heavy atom. The number of carboxylic acids is 1. The molecule has 0 unspecified atom stereocenters. The number of guanidine groups is 1. The molecule has 73 heavy (non-hydrogen) atoms. The van der Waals surface area contributed by atoms with Crippen LogP contribution in [0, 0.1) is 23.7 Å². The van der Waals surface area contributed by atoms with E-state index in [1.807, 2.05) is 24.3 Å². The second-order valence-corrected chi connectivity index (χ2v) is 19.4. The summed E-state index contributed by atoms with van der Waals surface area (Å²) in [5, 5.41) is 31.2.